The van der Waals surface area contributed by atoms with Gasteiger partial charge in [-0.3, -0.25) is 9.55 Å². The Bertz CT molecular complexity index is 1400. The van der Waals surface area contributed by atoms with Gasteiger partial charge in [0.1, 0.15) is 12.3 Å². The largest absolute Gasteiger partial charge is 0.443 e. The van der Waals surface area contributed by atoms with Crippen LogP contribution in [0, 0.1) is 0 Å². The van der Waals surface area contributed by atoms with E-state index in [-0.39, 0.29) is 0 Å². The van der Waals surface area contributed by atoms with E-state index < -0.39 is 25.5 Å². The van der Waals surface area contributed by atoms with Crippen LogP contribution in [-0.2, 0) is 16.2 Å². The Hall–Kier alpha value is -3.17. The normalized spacial score (nSPS) is 12.5. The van der Waals surface area contributed by atoms with Crippen LogP contribution >= 0.6 is 0 Å². The Morgan fingerprint density at radius 3 is 2.44 bits per heavy atom. The third kappa shape index (κ3) is 5.00. The van der Waals surface area contributed by atoms with Crippen molar-refractivity contribution < 1.29 is 14.3 Å². The number of carbonyl (C=O) groups excluding carboxylic acids is 1. The van der Waals surface area contributed by atoms with Crippen molar-refractivity contribution >= 4 is 36.2 Å². The first-order valence-electron chi connectivity index (χ1n) is 11.4. The first-order valence-corrected chi connectivity index (χ1v) is 15.1. The zero-order chi connectivity index (χ0) is 24.7. The minimum atomic E-state index is -1.17. The van der Waals surface area contributed by atoms with Crippen molar-refractivity contribution in [3.8, 4) is 5.69 Å². The molecule has 0 spiro atoms. The molecule has 0 amide bonds. The van der Waals surface area contributed by atoms with E-state index in [1.165, 1.54) is 4.57 Å². The van der Waals surface area contributed by atoms with E-state index in [4.69, 9.17) is 9.47 Å². The van der Waals surface area contributed by atoms with Gasteiger partial charge in [-0.15, -0.1) is 0 Å². The maximum absolute atomic E-state index is 13.4. The molecule has 8 nitrogen and oxygen atoms in total. The van der Waals surface area contributed by atoms with Crippen molar-refractivity contribution in [1.29, 1.82) is 0 Å². The molecular formula is C25H32N4O4Si. The van der Waals surface area contributed by atoms with E-state index in [2.05, 4.69) is 24.6 Å². The lowest BCUT2D eigenvalue weighted by Crippen LogP contribution is -2.34. The molecule has 0 fully saturated rings. The summed E-state index contributed by atoms with van der Waals surface area (Å²) in [6, 6.07) is 12.1. The van der Waals surface area contributed by atoms with Crippen LogP contribution in [0.4, 0.5) is 4.79 Å². The molecule has 0 aliphatic heterocycles. The number of fused-ring (bicyclic) bond motifs is 2. The Labute approximate surface area is 199 Å². The molecule has 9 heteroatoms. The van der Waals surface area contributed by atoms with Crippen molar-refractivity contribution in [3.63, 3.8) is 0 Å². The van der Waals surface area contributed by atoms with Crippen molar-refractivity contribution in [3.05, 3.63) is 59.3 Å². The molecule has 0 atom stereocenters. The maximum atomic E-state index is 13.4. The summed E-state index contributed by atoms with van der Waals surface area (Å²) in [5.41, 5.74) is 2.08. The Morgan fingerprint density at radius 1 is 1.06 bits per heavy atom. The number of carbonyl (C=O) groups is 1. The fourth-order valence-electron chi connectivity index (χ4n) is 3.71. The average Bonchev–Trinajstić information content (AvgIpc) is 3.26. The lowest BCUT2D eigenvalue weighted by molar-refractivity contribution is 0.0538. The number of hydrogen-bond acceptors (Lipinski definition) is 5. The van der Waals surface area contributed by atoms with Gasteiger partial charge in [-0.05, 0) is 51.1 Å². The van der Waals surface area contributed by atoms with Crippen LogP contribution in [0.1, 0.15) is 20.8 Å². The number of rotatable bonds is 6. The second-order valence-corrected chi connectivity index (χ2v) is 16.3. The van der Waals surface area contributed by atoms with Gasteiger partial charge >= 0.3 is 11.8 Å². The molecule has 180 valence electrons. The highest BCUT2D eigenvalue weighted by molar-refractivity contribution is 6.76. The van der Waals surface area contributed by atoms with Crippen LogP contribution < -0.4 is 5.69 Å². The van der Waals surface area contributed by atoms with E-state index in [1.807, 2.05) is 29.0 Å². The zero-order valence-electron chi connectivity index (χ0n) is 20.7. The Kier molecular flexibility index (Phi) is 6.26. The van der Waals surface area contributed by atoms with E-state index in [1.54, 1.807) is 45.2 Å². The summed E-state index contributed by atoms with van der Waals surface area (Å²) in [6.45, 7) is 13.4. The first kappa shape index (κ1) is 24.0. The number of aromatic nitrogens is 4. The third-order valence-corrected chi connectivity index (χ3v) is 7.12. The van der Waals surface area contributed by atoms with Crippen LogP contribution in [0.5, 0.6) is 0 Å². The first-order chi connectivity index (χ1) is 15.9. The summed E-state index contributed by atoms with van der Waals surface area (Å²) in [4.78, 5) is 30.9. The average molecular weight is 481 g/mol. The van der Waals surface area contributed by atoms with Gasteiger partial charge in [-0.1, -0.05) is 31.8 Å². The molecule has 0 unspecified atom stereocenters. The molecule has 3 aromatic heterocycles. The third-order valence-electron chi connectivity index (χ3n) is 5.41. The van der Waals surface area contributed by atoms with E-state index in [9.17, 15) is 9.59 Å². The van der Waals surface area contributed by atoms with Gasteiger partial charge in [0.15, 0.2) is 0 Å². The SMILES string of the molecule is CC(C)(C)OC(=O)n1c(=O)n(-c2cnc3ccn(COCC[Si](C)(C)C)c3c2)c2ccccc21. The molecule has 0 aliphatic rings. The number of pyridine rings is 1. The summed E-state index contributed by atoms with van der Waals surface area (Å²) in [7, 11) is -1.17. The minimum absolute atomic E-state index is 0.410. The number of benzene rings is 1. The summed E-state index contributed by atoms with van der Waals surface area (Å²) in [5, 5.41) is 0. The molecule has 4 rings (SSSR count). The highest BCUT2D eigenvalue weighted by atomic mass is 28.3. The predicted octanol–water partition coefficient (Wildman–Crippen LogP) is 5.24. The van der Waals surface area contributed by atoms with Gasteiger partial charge in [0.25, 0.3) is 0 Å². The molecule has 0 radical (unpaired) electrons. The molecule has 4 aromatic rings. The van der Waals surface area contributed by atoms with E-state index in [0.717, 1.165) is 21.6 Å². The molecule has 1 aromatic carbocycles. The highest BCUT2D eigenvalue weighted by Crippen LogP contribution is 2.22. The Balaban J connectivity index is 1.74. The smallest absolute Gasteiger partial charge is 0.423 e. The van der Waals surface area contributed by atoms with Gasteiger partial charge in [0.05, 0.1) is 34.0 Å². The Morgan fingerprint density at radius 2 is 1.76 bits per heavy atom. The quantitative estimate of drug-likeness (QED) is 0.279. The molecule has 3 heterocycles. The molecule has 0 bridgehead atoms. The molecule has 0 aliphatic carbocycles. The van der Waals surface area contributed by atoms with Gasteiger partial charge in [0.2, 0.25) is 0 Å². The fourth-order valence-corrected chi connectivity index (χ4v) is 4.47. The van der Waals surface area contributed by atoms with Gasteiger partial charge in [-0.25, -0.2) is 9.59 Å². The molecule has 34 heavy (non-hydrogen) atoms. The van der Waals surface area contributed by atoms with Crippen LogP contribution in [0.25, 0.3) is 27.8 Å². The maximum Gasteiger partial charge on any atom is 0.423 e. The number of para-hydroxylation sites is 2. The van der Waals surface area contributed by atoms with Crippen molar-refractivity contribution in [1.82, 2.24) is 18.7 Å². The van der Waals surface area contributed by atoms with E-state index in [0.29, 0.717) is 30.1 Å². The second-order valence-electron chi connectivity index (χ2n) is 10.7. The van der Waals surface area contributed by atoms with Crippen molar-refractivity contribution in [2.75, 3.05) is 6.61 Å². The monoisotopic (exact) mass is 480 g/mol. The summed E-state index contributed by atoms with van der Waals surface area (Å²) < 4.78 is 16.0. The van der Waals surface area contributed by atoms with Crippen LogP contribution in [0.2, 0.25) is 25.7 Å². The number of imidazole rings is 1. The summed E-state index contributed by atoms with van der Waals surface area (Å²) >= 11 is 0. The number of hydrogen-bond donors (Lipinski definition) is 0. The fraction of sp³-hybridized carbons (Fsp3) is 0.400. The minimum Gasteiger partial charge on any atom is -0.443 e. The van der Waals surface area contributed by atoms with Crippen molar-refractivity contribution in [2.45, 2.75) is 58.8 Å². The molecular weight excluding hydrogens is 448 g/mol. The predicted molar refractivity (Wildman–Crippen MR) is 137 cm³/mol. The molecule has 0 saturated carbocycles. The standard InChI is InChI=1S/C25H32N4O4Si/c1-25(2,3)33-24(31)29-21-10-8-7-9-20(21)28(23(29)30)18-15-22-19(26-16-18)11-12-27(22)17-32-13-14-34(4,5)6/h7-12,15-16H,13-14,17H2,1-6H3. The summed E-state index contributed by atoms with van der Waals surface area (Å²) in [6.07, 6.45) is 2.87. The van der Waals surface area contributed by atoms with Gasteiger partial charge in [0, 0.05) is 20.9 Å². The number of ether oxygens (including phenoxy) is 2. The lowest BCUT2D eigenvalue weighted by Gasteiger charge is -2.19. The molecule has 0 saturated heterocycles. The van der Waals surface area contributed by atoms with Crippen molar-refractivity contribution in [2.24, 2.45) is 0 Å². The molecule has 0 N–H and O–H groups in total. The van der Waals surface area contributed by atoms with Crippen LogP contribution in [0.3, 0.4) is 0 Å². The van der Waals surface area contributed by atoms with Crippen LogP contribution in [0.15, 0.2) is 53.6 Å². The van der Waals surface area contributed by atoms with Gasteiger partial charge in [-0.2, -0.15) is 4.57 Å². The van der Waals surface area contributed by atoms with Gasteiger partial charge < -0.3 is 14.0 Å². The zero-order valence-corrected chi connectivity index (χ0v) is 21.7. The van der Waals surface area contributed by atoms with Crippen LogP contribution in [-0.4, -0.2) is 45.1 Å². The summed E-state index contributed by atoms with van der Waals surface area (Å²) in [5.74, 6) is 0. The topological polar surface area (TPSA) is 80.3 Å². The lowest BCUT2D eigenvalue weighted by atomic mass is 10.2. The number of nitrogens with zero attached hydrogens (tertiary/aromatic N) is 4. The highest BCUT2D eigenvalue weighted by Gasteiger charge is 2.24. The second kappa shape index (κ2) is 8.88. The van der Waals surface area contributed by atoms with E-state index >= 15 is 0 Å².